The number of hydrogen-bond acceptors (Lipinski definition) is 0. The molecule has 0 aliphatic heterocycles. The first-order valence-electron chi connectivity index (χ1n) is 1.50. The summed E-state index contributed by atoms with van der Waals surface area (Å²) in [5.74, 6) is 0. The average Bonchev–Trinajstić information content (AvgIpc) is 0.811. The van der Waals surface area contributed by atoms with Gasteiger partial charge in [-0.25, -0.2) is 0 Å². The maximum atomic E-state index is 2.27. The van der Waals surface area contributed by atoms with Crippen molar-refractivity contribution in [2.45, 2.75) is 19.6 Å². The summed E-state index contributed by atoms with van der Waals surface area (Å²) in [7, 11) is 0.120. The zero-order valence-corrected chi connectivity index (χ0v) is 10.7. The Morgan fingerprint density at radius 2 is 1.00 bits per heavy atom. The van der Waals surface area contributed by atoms with E-state index in [4.69, 9.17) is 0 Å². The fourth-order valence-corrected chi connectivity index (χ4v) is 0. The molecule has 1 radical (unpaired) electrons. The van der Waals surface area contributed by atoms with Gasteiger partial charge in [0.1, 0.15) is 0 Å². The van der Waals surface area contributed by atoms with Crippen LogP contribution in [0.15, 0.2) is 0 Å². The Hall–Kier alpha value is 1.10. The molecule has 0 aromatic carbocycles. The Kier molecular flexibility index (Phi) is 9.63. The van der Waals surface area contributed by atoms with Gasteiger partial charge in [-0.05, 0) is 0 Å². The topological polar surface area (TPSA) is 0 Å². The second-order valence-corrected chi connectivity index (χ2v) is 4.50. The van der Waals surface area contributed by atoms with Gasteiger partial charge in [-0.2, -0.15) is 0 Å². The molecular weight excluding hydrogens is 273 g/mol. The minimum absolute atomic E-state index is 0. The van der Waals surface area contributed by atoms with Crippen molar-refractivity contribution >= 4 is 35.0 Å². The Morgan fingerprint density at radius 1 is 1.00 bits per heavy atom. The average molecular weight is 285 g/mol. The Balaban J connectivity index is 0. The van der Waals surface area contributed by atoms with Crippen molar-refractivity contribution in [1.82, 2.24) is 0 Å². The van der Waals surface area contributed by atoms with E-state index in [9.17, 15) is 0 Å². The van der Waals surface area contributed by atoms with Crippen molar-refractivity contribution in [2.24, 2.45) is 0 Å². The molecule has 2 heteroatoms. The van der Waals surface area contributed by atoms with Gasteiger partial charge in [0, 0.05) is 8.80 Å². The van der Waals surface area contributed by atoms with E-state index in [0.717, 1.165) is 0 Å². The molecule has 0 aromatic heterocycles. The molecule has 5 heavy (non-hydrogen) atoms. The SMILES string of the molecule is C[Si](C)C.[BiH3]. The van der Waals surface area contributed by atoms with E-state index in [0.29, 0.717) is 0 Å². The van der Waals surface area contributed by atoms with Crippen LogP contribution in [0, 0.1) is 0 Å². The van der Waals surface area contributed by atoms with Crippen LogP contribution in [0.25, 0.3) is 0 Å². The van der Waals surface area contributed by atoms with E-state index >= 15 is 0 Å². The molecule has 0 aromatic rings. The molecule has 0 nitrogen and oxygen atoms in total. The van der Waals surface area contributed by atoms with Crippen LogP contribution in [0.2, 0.25) is 19.6 Å². The zero-order chi connectivity index (χ0) is 3.58. The molecule has 0 saturated carbocycles. The van der Waals surface area contributed by atoms with Crippen molar-refractivity contribution in [2.75, 3.05) is 0 Å². The van der Waals surface area contributed by atoms with Gasteiger partial charge in [0.15, 0.2) is 0 Å². The second kappa shape index (κ2) is 5.10. The molecule has 0 N–H and O–H groups in total. The molecule has 0 saturated heterocycles. The van der Waals surface area contributed by atoms with Crippen LogP contribution in [0.3, 0.4) is 0 Å². The monoisotopic (exact) mass is 285 g/mol. The predicted octanol–water partition coefficient (Wildman–Crippen LogP) is 0.187. The quantitative estimate of drug-likeness (QED) is 0.557. The summed E-state index contributed by atoms with van der Waals surface area (Å²) in [5.41, 5.74) is 0. The van der Waals surface area contributed by atoms with Crippen molar-refractivity contribution in [1.29, 1.82) is 0 Å². The van der Waals surface area contributed by atoms with Gasteiger partial charge in [0.2, 0.25) is 0 Å². The summed E-state index contributed by atoms with van der Waals surface area (Å²) in [6, 6.07) is 0. The molecule has 0 aliphatic rings. The van der Waals surface area contributed by atoms with E-state index in [2.05, 4.69) is 19.6 Å². The second-order valence-electron chi connectivity index (χ2n) is 1.50. The molecule has 0 atom stereocenters. The number of hydrogen-bond donors (Lipinski definition) is 0. The third-order valence-corrected chi connectivity index (χ3v) is 0. The van der Waals surface area contributed by atoms with Gasteiger partial charge in [-0.3, -0.25) is 0 Å². The summed E-state index contributed by atoms with van der Waals surface area (Å²) < 4.78 is 0. The van der Waals surface area contributed by atoms with Gasteiger partial charge >= 0.3 is 26.2 Å². The number of rotatable bonds is 0. The Morgan fingerprint density at radius 3 is 1.00 bits per heavy atom. The Bertz CT molecular complexity index is 11.6. The van der Waals surface area contributed by atoms with Crippen LogP contribution < -0.4 is 0 Å². The molecule has 0 rings (SSSR count). The molecule has 33 valence electrons. The van der Waals surface area contributed by atoms with Gasteiger partial charge in [-0.1, -0.05) is 19.6 Å². The van der Waals surface area contributed by atoms with Crippen molar-refractivity contribution < 1.29 is 0 Å². The van der Waals surface area contributed by atoms with Crippen molar-refractivity contribution in [3.8, 4) is 0 Å². The maximum absolute atomic E-state index is 2.27. The fourth-order valence-electron chi connectivity index (χ4n) is 0. The molecule has 0 heterocycles. The normalized spacial score (nSPS) is 7.20. The minimum atomic E-state index is 0. The molecule has 0 fully saturated rings. The molecule has 0 aliphatic carbocycles. The fraction of sp³-hybridized carbons (Fsp3) is 1.00. The third-order valence-electron chi connectivity index (χ3n) is 0. The van der Waals surface area contributed by atoms with Crippen LogP contribution in [-0.2, 0) is 0 Å². The molecule has 0 unspecified atom stereocenters. The third kappa shape index (κ3) is 40.5. The van der Waals surface area contributed by atoms with Crippen LogP contribution >= 0.6 is 0 Å². The first-order chi connectivity index (χ1) is 1.73. The summed E-state index contributed by atoms with van der Waals surface area (Å²) in [6.45, 7) is 6.81. The zero-order valence-electron chi connectivity index (χ0n) is 4.21. The van der Waals surface area contributed by atoms with Crippen molar-refractivity contribution in [3.63, 3.8) is 0 Å². The van der Waals surface area contributed by atoms with Crippen LogP contribution in [-0.4, -0.2) is 35.0 Å². The van der Waals surface area contributed by atoms with E-state index in [-0.39, 0.29) is 35.0 Å². The first kappa shape index (κ1) is 9.44. The van der Waals surface area contributed by atoms with Crippen molar-refractivity contribution in [3.05, 3.63) is 0 Å². The van der Waals surface area contributed by atoms with E-state index in [1.54, 1.807) is 0 Å². The van der Waals surface area contributed by atoms with E-state index in [1.807, 2.05) is 0 Å². The molecule has 0 spiro atoms. The molecular formula is C3H12BiSi. The summed E-state index contributed by atoms with van der Waals surface area (Å²) >= 11 is 0. The van der Waals surface area contributed by atoms with Crippen LogP contribution in [0.1, 0.15) is 0 Å². The molecule has 0 bridgehead atoms. The molecule has 0 amide bonds. The van der Waals surface area contributed by atoms with Gasteiger partial charge in [0.05, 0.1) is 0 Å². The Labute approximate surface area is 54.7 Å². The summed E-state index contributed by atoms with van der Waals surface area (Å²) in [4.78, 5) is 0. The first-order valence-corrected chi connectivity index (χ1v) is 4.50. The standard InChI is InChI=1S/C3H9Si.Bi.3H/c1-4(2)3;;;;/h1-3H3;;;;. The van der Waals surface area contributed by atoms with Crippen LogP contribution in [0.4, 0.5) is 0 Å². The van der Waals surface area contributed by atoms with E-state index in [1.165, 1.54) is 0 Å². The van der Waals surface area contributed by atoms with Gasteiger partial charge in [-0.15, -0.1) is 0 Å². The van der Waals surface area contributed by atoms with Gasteiger partial charge in [0.25, 0.3) is 0 Å². The van der Waals surface area contributed by atoms with E-state index < -0.39 is 0 Å². The summed E-state index contributed by atoms with van der Waals surface area (Å²) in [6.07, 6.45) is 0. The van der Waals surface area contributed by atoms with Gasteiger partial charge < -0.3 is 0 Å². The van der Waals surface area contributed by atoms with Crippen LogP contribution in [0.5, 0.6) is 0 Å². The predicted molar refractivity (Wildman–Crippen MR) is 33.3 cm³/mol. The summed E-state index contributed by atoms with van der Waals surface area (Å²) in [5, 5.41) is 0.